The number of amides is 3. The second kappa shape index (κ2) is 6.48. The van der Waals surface area contributed by atoms with Crippen LogP contribution in [-0.2, 0) is 9.59 Å². The molecule has 3 rings (SSSR count). The lowest BCUT2D eigenvalue weighted by atomic mass is 10.1. The minimum Gasteiger partial charge on any atom is -0.480 e. The minimum atomic E-state index is -1.18. The molecule has 1 aliphatic rings. The maximum absolute atomic E-state index is 12.7. The predicted molar refractivity (Wildman–Crippen MR) is 90.9 cm³/mol. The largest absolute Gasteiger partial charge is 0.480 e. The molecule has 8 heteroatoms. The molecule has 7 nitrogen and oxygen atoms in total. The Morgan fingerprint density at radius 3 is 2.20 bits per heavy atom. The van der Waals surface area contributed by atoms with Crippen molar-refractivity contribution in [3.63, 3.8) is 0 Å². The number of rotatable bonds is 5. The quantitative estimate of drug-likeness (QED) is 0.822. The summed E-state index contributed by atoms with van der Waals surface area (Å²) in [5.74, 6) is -2.90. The molecule has 128 valence electrons. The van der Waals surface area contributed by atoms with Crippen molar-refractivity contribution in [2.45, 2.75) is 6.92 Å². The van der Waals surface area contributed by atoms with E-state index in [0.29, 0.717) is 5.00 Å². The zero-order valence-electron chi connectivity index (χ0n) is 13.3. The summed E-state index contributed by atoms with van der Waals surface area (Å²) < 4.78 is 0. The molecular formula is C17H14N2O5S. The Morgan fingerprint density at radius 2 is 1.72 bits per heavy atom. The van der Waals surface area contributed by atoms with Gasteiger partial charge in [0.2, 0.25) is 5.91 Å². The molecule has 0 unspecified atom stereocenters. The van der Waals surface area contributed by atoms with Crippen molar-refractivity contribution in [2.75, 3.05) is 18.0 Å². The molecule has 1 N–H and O–H groups in total. The number of carbonyl (C=O) groups excluding carboxylic acids is 3. The van der Waals surface area contributed by atoms with Gasteiger partial charge in [-0.1, -0.05) is 12.1 Å². The summed E-state index contributed by atoms with van der Waals surface area (Å²) in [6, 6.07) is 8.10. The average Bonchev–Trinajstić information content (AvgIpc) is 3.10. The zero-order valence-corrected chi connectivity index (χ0v) is 14.1. The van der Waals surface area contributed by atoms with Crippen molar-refractivity contribution in [2.24, 2.45) is 0 Å². The van der Waals surface area contributed by atoms with E-state index < -0.39 is 36.8 Å². The number of carbonyl (C=O) groups is 4. The highest BCUT2D eigenvalue weighted by Gasteiger charge is 2.37. The molecule has 0 bridgehead atoms. The molecule has 25 heavy (non-hydrogen) atoms. The SMILES string of the molecule is Cc1ccsc1N(CC(=O)O)C(=O)CN1C(=O)c2ccccc2C1=O. The maximum Gasteiger partial charge on any atom is 0.323 e. The van der Waals surface area contributed by atoms with Gasteiger partial charge in [-0.15, -0.1) is 11.3 Å². The number of imide groups is 1. The van der Waals surface area contributed by atoms with Gasteiger partial charge in [0.25, 0.3) is 11.8 Å². The Morgan fingerprint density at radius 1 is 1.12 bits per heavy atom. The van der Waals surface area contributed by atoms with Crippen LogP contribution in [0.4, 0.5) is 5.00 Å². The molecule has 1 aromatic heterocycles. The van der Waals surface area contributed by atoms with Gasteiger partial charge in [0.15, 0.2) is 0 Å². The van der Waals surface area contributed by atoms with Gasteiger partial charge in [-0.2, -0.15) is 0 Å². The lowest BCUT2D eigenvalue weighted by Gasteiger charge is -2.22. The Kier molecular flexibility index (Phi) is 4.37. The molecule has 0 radical (unpaired) electrons. The number of aryl methyl sites for hydroxylation is 1. The molecule has 2 aromatic rings. The van der Waals surface area contributed by atoms with Crippen LogP contribution in [0.5, 0.6) is 0 Å². The minimum absolute atomic E-state index is 0.248. The van der Waals surface area contributed by atoms with Crippen LogP contribution in [-0.4, -0.2) is 46.8 Å². The number of nitrogens with zero attached hydrogens (tertiary/aromatic N) is 2. The Balaban J connectivity index is 1.85. The molecule has 0 saturated carbocycles. The van der Waals surface area contributed by atoms with Gasteiger partial charge in [-0.3, -0.25) is 29.0 Å². The number of hydrogen-bond acceptors (Lipinski definition) is 5. The standard InChI is InChI=1S/C17H14N2O5S/c1-10-6-7-25-17(10)18(9-14(21)22)13(20)8-19-15(23)11-4-2-3-5-12(11)16(19)24/h2-7H,8-9H2,1H3,(H,21,22). The maximum atomic E-state index is 12.7. The molecular weight excluding hydrogens is 344 g/mol. The first-order valence-electron chi connectivity index (χ1n) is 7.41. The van der Waals surface area contributed by atoms with Crippen LogP contribution < -0.4 is 4.90 Å². The highest BCUT2D eigenvalue weighted by atomic mass is 32.1. The van der Waals surface area contributed by atoms with E-state index in [9.17, 15) is 19.2 Å². The lowest BCUT2D eigenvalue weighted by Crippen LogP contribution is -2.44. The van der Waals surface area contributed by atoms with Crippen LogP contribution in [0.3, 0.4) is 0 Å². The van der Waals surface area contributed by atoms with E-state index in [2.05, 4.69) is 0 Å². The van der Waals surface area contributed by atoms with Crippen LogP contribution >= 0.6 is 11.3 Å². The molecule has 0 fully saturated rings. The van der Waals surface area contributed by atoms with Gasteiger partial charge in [-0.25, -0.2) is 0 Å². The molecule has 2 heterocycles. The smallest absolute Gasteiger partial charge is 0.323 e. The number of carboxylic acid groups (broad SMARTS) is 1. The summed E-state index contributed by atoms with van der Waals surface area (Å²) in [5, 5.41) is 11.3. The fourth-order valence-corrected chi connectivity index (χ4v) is 3.60. The normalized spacial score (nSPS) is 13.1. The van der Waals surface area contributed by atoms with Crippen LogP contribution in [0.1, 0.15) is 26.3 Å². The van der Waals surface area contributed by atoms with Crippen molar-refractivity contribution < 1.29 is 24.3 Å². The van der Waals surface area contributed by atoms with Gasteiger partial charge < -0.3 is 5.11 Å². The lowest BCUT2D eigenvalue weighted by molar-refractivity contribution is -0.136. The third-order valence-electron chi connectivity index (χ3n) is 3.85. The fourth-order valence-electron chi connectivity index (χ4n) is 2.65. The van der Waals surface area contributed by atoms with Crippen molar-refractivity contribution in [1.82, 2.24) is 4.90 Å². The van der Waals surface area contributed by atoms with Gasteiger partial charge in [-0.05, 0) is 36.1 Å². The molecule has 0 atom stereocenters. The van der Waals surface area contributed by atoms with Crippen molar-refractivity contribution in [3.8, 4) is 0 Å². The third kappa shape index (κ3) is 3.03. The fraction of sp³-hybridized carbons (Fsp3) is 0.176. The summed E-state index contributed by atoms with van der Waals surface area (Å²) in [5.41, 5.74) is 1.25. The van der Waals surface area contributed by atoms with Crippen LogP contribution in [0, 0.1) is 6.92 Å². The molecule has 3 amide bonds. The first kappa shape index (κ1) is 16.8. The van der Waals surface area contributed by atoms with Crippen LogP contribution in [0.25, 0.3) is 0 Å². The van der Waals surface area contributed by atoms with E-state index in [1.807, 2.05) is 0 Å². The zero-order chi connectivity index (χ0) is 18.1. The van der Waals surface area contributed by atoms with Crippen molar-refractivity contribution in [3.05, 3.63) is 52.4 Å². The number of anilines is 1. The van der Waals surface area contributed by atoms with E-state index in [-0.39, 0.29) is 11.1 Å². The van der Waals surface area contributed by atoms with Gasteiger partial charge >= 0.3 is 5.97 Å². The first-order valence-corrected chi connectivity index (χ1v) is 8.29. The van der Waals surface area contributed by atoms with Gasteiger partial charge in [0, 0.05) is 0 Å². The molecule has 0 aliphatic carbocycles. The van der Waals surface area contributed by atoms with E-state index >= 15 is 0 Å². The Bertz CT molecular complexity index is 854. The Hall–Kier alpha value is -3.00. The van der Waals surface area contributed by atoms with E-state index in [1.54, 1.807) is 30.5 Å². The molecule has 0 spiro atoms. The van der Waals surface area contributed by atoms with Crippen LogP contribution in [0.15, 0.2) is 35.7 Å². The third-order valence-corrected chi connectivity index (χ3v) is 4.88. The number of thiophene rings is 1. The molecule has 1 aromatic carbocycles. The van der Waals surface area contributed by atoms with Crippen LogP contribution in [0.2, 0.25) is 0 Å². The number of benzene rings is 1. The van der Waals surface area contributed by atoms with Gasteiger partial charge in [0.1, 0.15) is 18.1 Å². The Labute approximate surface area is 147 Å². The number of carboxylic acids is 1. The van der Waals surface area contributed by atoms with Crippen molar-refractivity contribution in [1.29, 1.82) is 0 Å². The predicted octanol–water partition coefficient (Wildman–Crippen LogP) is 1.77. The van der Waals surface area contributed by atoms with Crippen molar-refractivity contribution >= 4 is 40.0 Å². The summed E-state index contributed by atoms with van der Waals surface area (Å²) >= 11 is 1.23. The van der Waals surface area contributed by atoms with E-state index in [1.165, 1.54) is 23.5 Å². The molecule has 0 saturated heterocycles. The topological polar surface area (TPSA) is 95.0 Å². The second-order valence-corrected chi connectivity index (χ2v) is 6.42. The molecule has 1 aliphatic heterocycles. The van der Waals surface area contributed by atoms with E-state index in [0.717, 1.165) is 15.4 Å². The summed E-state index contributed by atoms with van der Waals surface area (Å²) in [4.78, 5) is 50.4. The highest BCUT2D eigenvalue weighted by molar-refractivity contribution is 7.14. The highest BCUT2D eigenvalue weighted by Crippen LogP contribution is 2.28. The number of fused-ring (bicyclic) bond motifs is 1. The summed E-state index contributed by atoms with van der Waals surface area (Å²) in [6.45, 7) is 0.719. The number of hydrogen-bond donors (Lipinski definition) is 1. The monoisotopic (exact) mass is 358 g/mol. The summed E-state index contributed by atoms with van der Waals surface area (Å²) in [7, 11) is 0. The average molecular weight is 358 g/mol. The van der Waals surface area contributed by atoms with Gasteiger partial charge in [0.05, 0.1) is 11.1 Å². The second-order valence-electron chi connectivity index (χ2n) is 5.52. The number of aliphatic carboxylic acids is 1. The summed E-state index contributed by atoms with van der Waals surface area (Å²) in [6.07, 6.45) is 0. The first-order chi connectivity index (χ1) is 11.9. The van der Waals surface area contributed by atoms with E-state index in [4.69, 9.17) is 5.11 Å².